The molecule has 0 spiro atoms. The monoisotopic (exact) mass is 397 g/mol. The lowest BCUT2D eigenvalue weighted by atomic mass is 10.3. The maximum atomic E-state index is 5.41. The smallest absolute Gasteiger partial charge is 0.184 e. The first-order chi connectivity index (χ1) is 9.06. The van der Waals surface area contributed by atoms with Gasteiger partial charge in [0.1, 0.15) is 0 Å². The normalized spacial score (nSPS) is 11.1. The summed E-state index contributed by atoms with van der Waals surface area (Å²) < 4.78 is 4.55. The van der Waals surface area contributed by atoms with Gasteiger partial charge in [0.15, 0.2) is 10.4 Å². The number of nitrogens with zero attached hydrogens (tertiary/aromatic N) is 2. The number of benzene rings is 1. The highest BCUT2D eigenvalue weighted by molar-refractivity contribution is 9.11. The van der Waals surface area contributed by atoms with E-state index in [-0.39, 0.29) is 0 Å². The number of rotatable bonds is 1. The minimum absolute atomic E-state index is 0.635. The van der Waals surface area contributed by atoms with E-state index in [0.717, 1.165) is 31.5 Å². The number of aromatic amines is 1. The maximum Gasteiger partial charge on any atom is 0.184 e. The molecule has 1 aromatic carbocycles. The van der Waals surface area contributed by atoms with Gasteiger partial charge in [-0.3, -0.25) is 4.57 Å². The number of aryl methyl sites for hydroxylation is 1. The molecule has 0 aliphatic heterocycles. The molecule has 3 rings (SSSR count). The molecule has 0 fully saturated rings. The van der Waals surface area contributed by atoms with Crippen LogP contribution in [0, 0.1) is 11.7 Å². The number of imidazole rings is 1. The van der Waals surface area contributed by atoms with Crippen molar-refractivity contribution in [3.8, 4) is 5.69 Å². The van der Waals surface area contributed by atoms with Crippen molar-refractivity contribution in [3.05, 3.63) is 49.7 Å². The molecular weight excluding hydrogens is 390 g/mol. The van der Waals surface area contributed by atoms with Crippen LogP contribution in [0.2, 0.25) is 0 Å². The summed E-state index contributed by atoms with van der Waals surface area (Å²) >= 11 is 12.4. The van der Waals surface area contributed by atoms with E-state index in [0.29, 0.717) is 4.77 Å². The Morgan fingerprint density at radius 2 is 2.00 bits per heavy atom. The van der Waals surface area contributed by atoms with Crippen molar-refractivity contribution in [2.75, 3.05) is 0 Å². The van der Waals surface area contributed by atoms with E-state index in [1.54, 1.807) is 0 Å². The molecule has 0 saturated heterocycles. The van der Waals surface area contributed by atoms with Gasteiger partial charge in [-0.25, -0.2) is 4.98 Å². The molecule has 0 bridgehead atoms. The fourth-order valence-electron chi connectivity index (χ4n) is 1.96. The Balaban J connectivity index is 2.38. The summed E-state index contributed by atoms with van der Waals surface area (Å²) in [5.74, 6) is 0. The van der Waals surface area contributed by atoms with E-state index in [9.17, 15) is 0 Å². The second-order valence-electron chi connectivity index (χ2n) is 4.19. The average Bonchev–Trinajstić information content (AvgIpc) is 2.65. The van der Waals surface area contributed by atoms with Crippen molar-refractivity contribution in [3.63, 3.8) is 0 Å². The van der Waals surface area contributed by atoms with Gasteiger partial charge < -0.3 is 4.98 Å². The fraction of sp³-hybridized carbons (Fsp3) is 0.0769. The molecule has 0 atom stereocenters. The first-order valence-electron chi connectivity index (χ1n) is 5.60. The zero-order chi connectivity index (χ0) is 13.6. The lowest BCUT2D eigenvalue weighted by Crippen LogP contribution is -1.97. The fourth-order valence-corrected chi connectivity index (χ4v) is 3.48. The highest BCUT2D eigenvalue weighted by Gasteiger charge is 2.11. The molecule has 0 radical (unpaired) electrons. The number of nitrogens with one attached hydrogen (secondary N) is 1. The lowest BCUT2D eigenvalue weighted by molar-refractivity contribution is 1.03. The summed E-state index contributed by atoms with van der Waals surface area (Å²) in [4.78, 5) is 7.75. The van der Waals surface area contributed by atoms with E-state index in [1.165, 1.54) is 0 Å². The van der Waals surface area contributed by atoms with E-state index < -0.39 is 0 Å². The predicted octanol–water partition coefficient (Wildman–Crippen LogP) is 4.92. The zero-order valence-electron chi connectivity index (χ0n) is 9.95. The average molecular weight is 399 g/mol. The number of hydrogen-bond donors (Lipinski definition) is 1. The Kier molecular flexibility index (Phi) is 3.32. The molecule has 0 aliphatic rings. The third kappa shape index (κ3) is 2.28. The van der Waals surface area contributed by atoms with Crippen LogP contribution in [0.5, 0.6) is 0 Å². The van der Waals surface area contributed by atoms with Gasteiger partial charge >= 0.3 is 0 Å². The van der Waals surface area contributed by atoms with Gasteiger partial charge in [-0.1, -0.05) is 15.9 Å². The van der Waals surface area contributed by atoms with Crippen molar-refractivity contribution >= 4 is 55.2 Å². The zero-order valence-corrected chi connectivity index (χ0v) is 13.9. The molecular formula is C13H9Br2N3S. The first-order valence-corrected chi connectivity index (χ1v) is 7.59. The van der Waals surface area contributed by atoms with Crippen molar-refractivity contribution in [1.29, 1.82) is 0 Å². The molecule has 0 unspecified atom stereocenters. The van der Waals surface area contributed by atoms with Crippen molar-refractivity contribution in [2.24, 2.45) is 0 Å². The van der Waals surface area contributed by atoms with Gasteiger partial charge in [-0.15, -0.1) is 0 Å². The highest BCUT2D eigenvalue weighted by Crippen LogP contribution is 2.28. The molecule has 19 heavy (non-hydrogen) atoms. The van der Waals surface area contributed by atoms with E-state index in [1.807, 2.05) is 41.8 Å². The molecule has 3 nitrogen and oxygen atoms in total. The Morgan fingerprint density at radius 1 is 1.21 bits per heavy atom. The Hall–Kier alpha value is -0.980. The quantitative estimate of drug-likeness (QED) is 0.590. The van der Waals surface area contributed by atoms with Gasteiger partial charge in [0.2, 0.25) is 0 Å². The molecule has 2 heterocycles. The second kappa shape index (κ2) is 4.85. The maximum absolute atomic E-state index is 5.41. The minimum Gasteiger partial charge on any atom is -0.329 e. The summed E-state index contributed by atoms with van der Waals surface area (Å²) in [7, 11) is 0. The van der Waals surface area contributed by atoms with Crippen molar-refractivity contribution in [2.45, 2.75) is 6.92 Å². The number of hydrogen-bond acceptors (Lipinski definition) is 2. The van der Waals surface area contributed by atoms with Gasteiger partial charge in [-0.2, -0.15) is 0 Å². The van der Waals surface area contributed by atoms with Crippen LogP contribution in [0.15, 0.2) is 39.3 Å². The van der Waals surface area contributed by atoms with Gasteiger partial charge in [-0.05, 0) is 65.4 Å². The summed E-state index contributed by atoms with van der Waals surface area (Å²) in [5.41, 5.74) is 3.71. The predicted molar refractivity (Wildman–Crippen MR) is 86.4 cm³/mol. The summed E-state index contributed by atoms with van der Waals surface area (Å²) in [6.07, 6.45) is 0. The van der Waals surface area contributed by atoms with Crippen molar-refractivity contribution in [1.82, 2.24) is 14.5 Å². The SMILES string of the molecule is Cc1ccc2[nH]c(=S)n(-c3ccc(Br)cc3Br)c2n1. The topological polar surface area (TPSA) is 33.6 Å². The molecule has 3 aromatic rings. The van der Waals surface area contributed by atoms with E-state index in [2.05, 4.69) is 41.8 Å². The standard InChI is InChI=1S/C13H9Br2N3S/c1-7-2-4-10-12(16-7)18(13(19)17-10)11-5-3-8(14)6-9(11)15/h2-6H,1H3,(H,17,19). The molecule has 96 valence electrons. The molecule has 0 saturated carbocycles. The number of fused-ring (bicyclic) bond motifs is 1. The number of H-pyrrole nitrogens is 1. The number of aromatic nitrogens is 3. The van der Waals surface area contributed by atoms with Crippen LogP contribution in [-0.2, 0) is 0 Å². The van der Waals surface area contributed by atoms with Crippen molar-refractivity contribution < 1.29 is 0 Å². The van der Waals surface area contributed by atoms with Crippen LogP contribution in [0.25, 0.3) is 16.9 Å². The summed E-state index contributed by atoms with van der Waals surface area (Å²) in [5, 5.41) is 0. The lowest BCUT2D eigenvalue weighted by Gasteiger charge is -2.07. The third-order valence-corrected chi connectivity index (χ3v) is 4.23. The molecule has 6 heteroatoms. The minimum atomic E-state index is 0.635. The van der Waals surface area contributed by atoms with E-state index >= 15 is 0 Å². The van der Waals surface area contributed by atoms with Crippen LogP contribution < -0.4 is 0 Å². The molecule has 0 aliphatic carbocycles. The van der Waals surface area contributed by atoms with Crippen LogP contribution in [-0.4, -0.2) is 14.5 Å². The Bertz CT molecular complexity index is 836. The Labute approximate surface area is 131 Å². The second-order valence-corrected chi connectivity index (χ2v) is 6.34. The Morgan fingerprint density at radius 3 is 2.74 bits per heavy atom. The molecule has 0 amide bonds. The highest BCUT2D eigenvalue weighted by atomic mass is 79.9. The van der Waals surface area contributed by atoms with Crippen LogP contribution in [0.1, 0.15) is 5.69 Å². The summed E-state index contributed by atoms with van der Waals surface area (Å²) in [6.45, 7) is 1.97. The first kappa shape index (κ1) is 13.0. The molecule has 2 aromatic heterocycles. The molecule has 1 N–H and O–H groups in total. The largest absolute Gasteiger partial charge is 0.329 e. The number of halogens is 2. The van der Waals surface area contributed by atoms with Crippen LogP contribution in [0.3, 0.4) is 0 Å². The van der Waals surface area contributed by atoms with Gasteiger partial charge in [0.05, 0.1) is 11.2 Å². The van der Waals surface area contributed by atoms with Gasteiger partial charge in [0, 0.05) is 14.6 Å². The number of pyridine rings is 1. The van der Waals surface area contributed by atoms with Gasteiger partial charge in [0.25, 0.3) is 0 Å². The van der Waals surface area contributed by atoms with Crippen LogP contribution >= 0.6 is 44.1 Å². The summed E-state index contributed by atoms with van der Waals surface area (Å²) in [6, 6.07) is 9.94. The third-order valence-electron chi connectivity index (χ3n) is 2.82. The van der Waals surface area contributed by atoms with Crippen LogP contribution in [0.4, 0.5) is 0 Å². The van der Waals surface area contributed by atoms with E-state index in [4.69, 9.17) is 12.2 Å².